The van der Waals surface area contributed by atoms with Crippen molar-refractivity contribution in [2.75, 3.05) is 6.61 Å². The number of carbonyl (C=O) groups excluding carboxylic acids is 4. The molecule has 0 N–H and O–H groups in total. The van der Waals surface area contributed by atoms with E-state index in [9.17, 15) is 19.2 Å². The molecule has 0 spiro atoms. The Hall–Kier alpha value is -2.47. The molecule has 2 aromatic rings. The lowest BCUT2D eigenvalue weighted by atomic mass is 9.89. The van der Waals surface area contributed by atoms with Crippen molar-refractivity contribution in [2.24, 2.45) is 0 Å². The second kappa shape index (κ2) is 12.9. The minimum Gasteiger partial charge on any atom is -0.463 e. The SMILES string of the molecule is [2H]CC(=O)OC[C@H]1OC(c2ccc(Cl)c(Cc3ccc(Br)s3)c2)[C@H](OC(=O)C[2H])[C@@H](OC(=O)C[2H])[C@@H]1OC(=O)C[2H]. The predicted molar refractivity (Wildman–Crippen MR) is 137 cm³/mol. The fourth-order valence-corrected chi connectivity index (χ4v) is 5.58. The van der Waals surface area contributed by atoms with Gasteiger partial charge in [0.1, 0.15) is 18.8 Å². The summed E-state index contributed by atoms with van der Waals surface area (Å²) in [5.74, 6) is -3.99. The number of esters is 4. The van der Waals surface area contributed by atoms with Crippen LogP contribution in [0.2, 0.25) is 5.02 Å². The highest BCUT2D eigenvalue weighted by Crippen LogP contribution is 2.39. The first kappa shape index (κ1) is 23.6. The molecular formula is C25H26BrClO9S. The van der Waals surface area contributed by atoms with Gasteiger partial charge in [-0.15, -0.1) is 11.3 Å². The van der Waals surface area contributed by atoms with E-state index in [1.165, 1.54) is 11.3 Å². The quantitative estimate of drug-likeness (QED) is 0.309. The summed E-state index contributed by atoms with van der Waals surface area (Å²) >= 11 is 11.4. The van der Waals surface area contributed by atoms with E-state index in [2.05, 4.69) is 15.9 Å². The Morgan fingerprint density at radius 1 is 0.946 bits per heavy atom. The monoisotopic (exact) mass is 620 g/mol. The zero-order valence-electron chi connectivity index (χ0n) is 23.4. The summed E-state index contributed by atoms with van der Waals surface area (Å²) in [5.41, 5.74) is 1.10. The standard InChI is InChI=1S/C25H26BrClO9S/c1-12(28)32-11-20-23(33-13(2)29)25(35-15(4)31)24(34-14(3)30)22(36-20)16-5-7-19(27)17(9-16)10-18-6-8-21(26)37-18/h5-9,20,22-25H,10-11H2,1-4H3/t20-,22?,23-,24+,25+/m1/s1/i1D,2D,3D,4D. The van der Waals surface area contributed by atoms with Crippen LogP contribution in [0.25, 0.3) is 0 Å². The van der Waals surface area contributed by atoms with Gasteiger partial charge in [0.25, 0.3) is 0 Å². The lowest BCUT2D eigenvalue weighted by Crippen LogP contribution is -2.59. The van der Waals surface area contributed by atoms with Gasteiger partial charge in [0.05, 0.1) is 3.79 Å². The first-order chi connectivity index (χ1) is 19.6. The molecule has 5 atom stereocenters. The molecular weight excluding hydrogens is 592 g/mol. The zero-order chi connectivity index (χ0) is 30.1. The number of hydrogen-bond donors (Lipinski definition) is 0. The molecule has 0 bridgehead atoms. The van der Waals surface area contributed by atoms with Crippen molar-refractivity contribution in [2.45, 2.75) is 64.5 Å². The molecule has 1 aromatic heterocycles. The summed E-state index contributed by atoms with van der Waals surface area (Å²) in [7, 11) is 0. The van der Waals surface area contributed by atoms with Crippen molar-refractivity contribution in [1.82, 2.24) is 0 Å². The number of hydrogen-bond acceptors (Lipinski definition) is 10. The first-order valence-electron chi connectivity index (χ1n) is 13.5. The average molecular weight is 622 g/mol. The average Bonchev–Trinajstić information content (AvgIpc) is 3.38. The molecule has 37 heavy (non-hydrogen) atoms. The second-order valence-electron chi connectivity index (χ2n) is 7.88. The minimum atomic E-state index is -1.57. The van der Waals surface area contributed by atoms with Gasteiger partial charge in [-0.05, 0) is 45.3 Å². The maximum Gasteiger partial charge on any atom is 0.303 e. The fourth-order valence-electron chi connectivity index (χ4n) is 3.89. The summed E-state index contributed by atoms with van der Waals surface area (Å²) in [6.07, 6.45) is -6.63. The molecule has 1 unspecified atom stereocenters. The van der Waals surface area contributed by atoms with E-state index < -0.39 is 88.6 Å². The highest BCUT2D eigenvalue weighted by molar-refractivity contribution is 9.11. The topological polar surface area (TPSA) is 114 Å². The van der Waals surface area contributed by atoms with Crippen LogP contribution in [-0.4, -0.2) is 54.9 Å². The Morgan fingerprint density at radius 3 is 2.22 bits per heavy atom. The van der Waals surface area contributed by atoms with Crippen LogP contribution >= 0.6 is 38.9 Å². The molecule has 1 aliphatic heterocycles. The molecule has 1 aliphatic rings. The van der Waals surface area contributed by atoms with E-state index in [1.807, 2.05) is 12.1 Å². The van der Waals surface area contributed by atoms with Gasteiger partial charge in [0, 0.05) is 49.4 Å². The molecule has 1 aromatic carbocycles. The fraction of sp³-hybridized carbons (Fsp3) is 0.440. The third-order valence-electron chi connectivity index (χ3n) is 5.24. The number of carbonyl (C=O) groups is 4. The highest BCUT2D eigenvalue weighted by atomic mass is 79.9. The predicted octanol–water partition coefficient (Wildman–Crippen LogP) is 4.55. The third-order valence-corrected chi connectivity index (χ3v) is 7.23. The normalized spacial score (nSPS) is 24.5. The molecule has 12 heteroatoms. The Balaban J connectivity index is 2.10. The summed E-state index contributed by atoms with van der Waals surface area (Å²) < 4.78 is 57.9. The molecule has 200 valence electrons. The molecule has 2 heterocycles. The summed E-state index contributed by atoms with van der Waals surface area (Å²) in [6.45, 7) is -3.66. The number of rotatable bonds is 8. The van der Waals surface area contributed by atoms with Crippen LogP contribution in [-0.2, 0) is 49.3 Å². The van der Waals surface area contributed by atoms with E-state index in [0.717, 1.165) is 8.66 Å². The van der Waals surface area contributed by atoms with Gasteiger partial charge < -0.3 is 23.7 Å². The van der Waals surface area contributed by atoms with Gasteiger partial charge in [-0.2, -0.15) is 0 Å². The van der Waals surface area contributed by atoms with E-state index in [0.29, 0.717) is 22.6 Å². The van der Waals surface area contributed by atoms with Crippen molar-refractivity contribution in [3.8, 4) is 0 Å². The Morgan fingerprint density at radius 2 is 1.59 bits per heavy atom. The third kappa shape index (κ3) is 8.00. The molecule has 0 amide bonds. The van der Waals surface area contributed by atoms with Crippen LogP contribution in [0.15, 0.2) is 34.1 Å². The second-order valence-corrected chi connectivity index (χ2v) is 10.8. The van der Waals surface area contributed by atoms with E-state index in [4.69, 9.17) is 40.8 Å². The molecule has 1 fully saturated rings. The summed E-state index contributed by atoms with van der Waals surface area (Å²) in [6, 6.07) is 8.72. The molecule has 0 aliphatic carbocycles. The lowest BCUT2D eigenvalue weighted by Gasteiger charge is -2.44. The van der Waals surface area contributed by atoms with Crippen molar-refractivity contribution >= 4 is 62.7 Å². The molecule has 0 saturated carbocycles. The number of benzene rings is 1. The molecule has 3 rings (SSSR count). The minimum absolute atomic E-state index is 0.414. The number of thiophene rings is 1. The van der Waals surface area contributed by atoms with Gasteiger partial charge in [0.15, 0.2) is 18.3 Å². The van der Waals surface area contributed by atoms with Gasteiger partial charge in [-0.3, -0.25) is 19.2 Å². The van der Waals surface area contributed by atoms with Gasteiger partial charge in [-0.25, -0.2) is 0 Å². The van der Waals surface area contributed by atoms with E-state index in [-0.39, 0.29) is 0 Å². The molecule has 9 nitrogen and oxygen atoms in total. The van der Waals surface area contributed by atoms with Crippen molar-refractivity contribution in [3.05, 3.63) is 55.1 Å². The highest BCUT2D eigenvalue weighted by Gasteiger charge is 2.52. The van der Waals surface area contributed by atoms with Crippen molar-refractivity contribution in [3.63, 3.8) is 0 Å². The Kier molecular flexibility index (Phi) is 8.21. The zero-order valence-corrected chi connectivity index (χ0v) is 22.5. The van der Waals surface area contributed by atoms with Crippen molar-refractivity contribution < 1.29 is 48.3 Å². The van der Waals surface area contributed by atoms with E-state index in [1.54, 1.807) is 18.2 Å². The first-order valence-corrected chi connectivity index (χ1v) is 12.7. The van der Waals surface area contributed by atoms with Crippen LogP contribution in [0.4, 0.5) is 0 Å². The van der Waals surface area contributed by atoms with Gasteiger partial charge >= 0.3 is 23.9 Å². The summed E-state index contributed by atoms with van der Waals surface area (Å²) in [5, 5.41) is 0.439. The van der Waals surface area contributed by atoms with Crippen LogP contribution in [0, 0.1) is 0 Å². The molecule has 0 radical (unpaired) electrons. The van der Waals surface area contributed by atoms with Crippen LogP contribution < -0.4 is 0 Å². The molecule has 1 saturated heterocycles. The largest absolute Gasteiger partial charge is 0.463 e. The smallest absolute Gasteiger partial charge is 0.303 e. The van der Waals surface area contributed by atoms with Crippen LogP contribution in [0.5, 0.6) is 0 Å². The number of ether oxygens (including phenoxy) is 5. The van der Waals surface area contributed by atoms with Gasteiger partial charge in [0.2, 0.25) is 0 Å². The maximum absolute atomic E-state index is 12.3. The Labute approximate surface area is 237 Å². The maximum atomic E-state index is 12.3. The van der Waals surface area contributed by atoms with Crippen molar-refractivity contribution in [1.29, 1.82) is 0 Å². The Bertz CT molecular complexity index is 1250. The summed E-state index contributed by atoms with van der Waals surface area (Å²) in [4.78, 5) is 49.6. The van der Waals surface area contributed by atoms with Crippen LogP contribution in [0.1, 0.15) is 55.2 Å². The van der Waals surface area contributed by atoms with Crippen LogP contribution in [0.3, 0.4) is 0 Å². The number of halogens is 2. The van der Waals surface area contributed by atoms with Gasteiger partial charge in [-0.1, -0.05) is 23.7 Å². The lowest BCUT2D eigenvalue weighted by molar-refractivity contribution is -0.254. The van der Waals surface area contributed by atoms with E-state index >= 15 is 0 Å².